The molecule has 1 amide bonds. The molecule has 2 aromatic rings. The van der Waals surface area contributed by atoms with Crippen molar-refractivity contribution in [1.82, 2.24) is 4.98 Å². The van der Waals surface area contributed by atoms with E-state index in [1.54, 1.807) is 36.4 Å². The van der Waals surface area contributed by atoms with Gasteiger partial charge >= 0.3 is 5.97 Å². The molecule has 1 aromatic heterocycles. The normalized spacial score (nSPS) is 11.5. The molecule has 0 fully saturated rings. The zero-order chi connectivity index (χ0) is 17.5. The fourth-order valence-electron chi connectivity index (χ4n) is 1.85. The highest BCUT2D eigenvalue weighted by molar-refractivity contribution is 6.32. The lowest BCUT2D eigenvalue weighted by atomic mass is 10.2. The number of nitrogens with one attached hydrogen (secondary N) is 1. The average molecular weight is 349 g/mol. The Morgan fingerprint density at radius 1 is 1.25 bits per heavy atom. The topological polar surface area (TPSA) is 77.5 Å². The maximum absolute atomic E-state index is 12.1. The molecular formula is C17H17ClN2O4. The molecular weight excluding hydrogens is 332 g/mol. The fourth-order valence-corrected chi connectivity index (χ4v) is 2.02. The van der Waals surface area contributed by atoms with Gasteiger partial charge in [0.15, 0.2) is 11.3 Å². The van der Waals surface area contributed by atoms with Crippen molar-refractivity contribution in [3.63, 3.8) is 0 Å². The summed E-state index contributed by atoms with van der Waals surface area (Å²) >= 11 is 5.87. The number of amides is 1. The highest BCUT2D eigenvalue weighted by Crippen LogP contribution is 2.18. The van der Waals surface area contributed by atoms with Gasteiger partial charge in [0.2, 0.25) is 0 Å². The van der Waals surface area contributed by atoms with E-state index in [-0.39, 0.29) is 5.15 Å². The Bertz CT molecular complexity index is 719. The number of aromatic nitrogens is 1. The summed E-state index contributed by atoms with van der Waals surface area (Å²) in [5.74, 6) is -0.437. The third-order valence-corrected chi connectivity index (χ3v) is 3.37. The van der Waals surface area contributed by atoms with Crippen LogP contribution in [0.25, 0.3) is 0 Å². The molecule has 126 valence electrons. The van der Waals surface area contributed by atoms with Crippen molar-refractivity contribution >= 4 is 29.2 Å². The maximum Gasteiger partial charge on any atom is 0.338 e. The predicted molar refractivity (Wildman–Crippen MR) is 90.4 cm³/mol. The van der Waals surface area contributed by atoms with E-state index in [9.17, 15) is 9.59 Å². The minimum Gasteiger partial charge on any atom is -0.494 e. The van der Waals surface area contributed by atoms with Gasteiger partial charge in [-0.1, -0.05) is 11.6 Å². The lowest BCUT2D eigenvalue weighted by Gasteiger charge is -2.14. The number of ether oxygens (including phenoxy) is 2. The monoisotopic (exact) mass is 348 g/mol. The Morgan fingerprint density at radius 3 is 2.58 bits per heavy atom. The molecule has 1 heterocycles. The van der Waals surface area contributed by atoms with Crippen molar-refractivity contribution in [2.45, 2.75) is 20.0 Å². The van der Waals surface area contributed by atoms with Gasteiger partial charge in [0.05, 0.1) is 17.9 Å². The molecule has 1 unspecified atom stereocenters. The summed E-state index contributed by atoms with van der Waals surface area (Å²) in [6.07, 6.45) is 0.522. The Balaban J connectivity index is 1.95. The number of esters is 1. The number of pyridine rings is 1. The van der Waals surface area contributed by atoms with Crippen molar-refractivity contribution < 1.29 is 19.1 Å². The van der Waals surface area contributed by atoms with Crippen LogP contribution in [0.1, 0.15) is 24.2 Å². The number of carbonyl (C=O) groups is 2. The Morgan fingerprint density at radius 2 is 1.96 bits per heavy atom. The zero-order valence-corrected chi connectivity index (χ0v) is 14.0. The van der Waals surface area contributed by atoms with Gasteiger partial charge in [-0.05, 0) is 50.2 Å². The Hall–Kier alpha value is -2.60. The number of rotatable bonds is 6. The summed E-state index contributed by atoms with van der Waals surface area (Å²) in [4.78, 5) is 28.0. The molecule has 0 aliphatic heterocycles. The highest BCUT2D eigenvalue weighted by atomic mass is 35.5. The maximum atomic E-state index is 12.1. The quantitative estimate of drug-likeness (QED) is 0.640. The van der Waals surface area contributed by atoms with Crippen LogP contribution in [-0.2, 0) is 9.53 Å². The van der Waals surface area contributed by atoms with Gasteiger partial charge in [0.1, 0.15) is 5.75 Å². The predicted octanol–water partition coefficient (Wildman–Crippen LogP) is 3.32. The molecule has 0 saturated carbocycles. The molecule has 6 nitrogen and oxygen atoms in total. The summed E-state index contributed by atoms with van der Waals surface area (Å²) < 4.78 is 10.5. The van der Waals surface area contributed by atoms with Gasteiger partial charge in [-0.15, -0.1) is 0 Å². The number of hydrogen-bond acceptors (Lipinski definition) is 5. The number of nitrogens with zero attached hydrogens (tertiary/aromatic N) is 1. The first kappa shape index (κ1) is 17.7. The van der Waals surface area contributed by atoms with E-state index in [0.717, 1.165) is 0 Å². The van der Waals surface area contributed by atoms with E-state index in [1.165, 1.54) is 13.1 Å². The number of benzene rings is 1. The Kier molecular flexibility index (Phi) is 6.14. The molecule has 0 saturated heterocycles. The van der Waals surface area contributed by atoms with Crippen molar-refractivity contribution in [1.29, 1.82) is 0 Å². The standard InChI is InChI=1S/C17H17ClN2O4/c1-3-23-13-8-6-12(7-9-13)17(22)24-11(2)16(21)20-14-5-4-10-19-15(14)18/h4-11H,3H2,1-2H3,(H,20,21). The molecule has 0 radical (unpaired) electrons. The van der Waals surface area contributed by atoms with Crippen molar-refractivity contribution in [3.05, 3.63) is 53.3 Å². The minimum absolute atomic E-state index is 0.163. The highest BCUT2D eigenvalue weighted by Gasteiger charge is 2.20. The van der Waals surface area contributed by atoms with Crippen LogP contribution in [-0.4, -0.2) is 29.6 Å². The Labute approximate surface area is 144 Å². The number of carbonyl (C=O) groups excluding carboxylic acids is 2. The van der Waals surface area contributed by atoms with Gasteiger partial charge < -0.3 is 14.8 Å². The van der Waals surface area contributed by atoms with Gasteiger partial charge in [0, 0.05) is 6.20 Å². The van der Waals surface area contributed by atoms with Crippen LogP contribution in [0, 0.1) is 0 Å². The van der Waals surface area contributed by atoms with E-state index in [1.807, 2.05) is 6.92 Å². The van der Waals surface area contributed by atoms with Gasteiger partial charge in [-0.3, -0.25) is 4.79 Å². The summed E-state index contributed by atoms with van der Waals surface area (Å²) in [7, 11) is 0. The average Bonchev–Trinajstić information content (AvgIpc) is 2.57. The number of halogens is 1. The second-order valence-electron chi connectivity index (χ2n) is 4.84. The van der Waals surface area contributed by atoms with Crippen LogP contribution in [0.15, 0.2) is 42.6 Å². The molecule has 24 heavy (non-hydrogen) atoms. The first-order chi connectivity index (χ1) is 11.5. The van der Waals surface area contributed by atoms with E-state index in [2.05, 4.69) is 10.3 Å². The van der Waals surface area contributed by atoms with Gasteiger partial charge in [-0.25, -0.2) is 9.78 Å². The first-order valence-corrected chi connectivity index (χ1v) is 7.74. The van der Waals surface area contributed by atoms with Crippen molar-refractivity contribution in [2.75, 3.05) is 11.9 Å². The summed E-state index contributed by atoms with van der Waals surface area (Å²) in [6, 6.07) is 9.73. The largest absolute Gasteiger partial charge is 0.494 e. The van der Waals surface area contributed by atoms with Crippen LogP contribution in [0.3, 0.4) is 0 Å². The molecule has 1 aromatic carbocycles. The van der Waals surface area contributed by atoms with Crippen LogP contribution >= 0.6 is 11.6 Å². The molecule has 7 heteroatoms. The van der Waals surface area contributed by atoms with Crippen LogP contribution in [0.2, 0.25) is 5.15 Å². The molecule has 1 atom stereocenters. The molecule has 0 spiro atoms. The molecule has 0 aliphatic rings. The molecule has 1 N–H and O–H groups in total. The van der Waals surface area contributed by atoms with Crippen LogP contribution in [0.4, 0.5) is 5.69 Å². The molecule has 2 rings (SSSR count). The van der Waals surface area contributed by atoms with E-state index in [0.29, 0.717) is 23.6 Å². The second-order valence-corrected chi connectivity index (χ2v) is 5.19. The third kappa shape index (κ3) is 4.70. The number of hydrogen-bond donors (Lipinski definition) is 1. The van der Waals surface area contributed by atoms with Crippen molar-refractivity contribution in [2.24, 2.45) is 0 Å². The summed E-state index contributed by atoms with van der Waals surface area (Å²) in [5, 5.41) is 2.72. The van der Waals surface area contributed by atoms with E-state index >= 15 is 0 Å². The number of anilines is 1. The first-order valence-electron chi connectivity index (χ1n) is 7.36. The van der Waals surface area contributed by atoms with Crippen LogP contribution in [0.5, 0.6) is 5.75 Å². The van der Waals surface area contributed by atoms with Crippen LogP contribution < -0.4 is 10.1 Å². The fraction of sp³-hybridized carbons (Fsp3) is 0.235. The zero-order valence-electron chi connectivity index (χ0n) is 13.3. The third-order valence-electron chi connectivity index (χ3n) is 3.07. The van der Waals surface area contributed by atoms with Gasteiger partial charge in [-0.2, -0.15) is 0 Å². The lowest BCUT2D eigenvalue weighted by Crippen LogP contribution is -2.30. The summed E-state index contributed by atoms with van der Waals surface area (Å²) in [6.45, 7) is 3.89. The van der Waals surface area contributed by atoms with E-state index in [4.69, 9.17) is 21.1 Å². The molecule has 0 bridgehead atoms. The molecule has 0 aliphatic carbocycles. The van der Waals surface area contributed by atoms with Gasteiger partial charge in [0.25, 0.3) is 5.91 Å². The SMILES string of the molecule is CCOc1ccc(C(=O)OC(C)C(=O)Nc2cccnc2Cl)cc1. The van der Waals surface area contributed by atoms with E-state index < -0.39 is 18.0 Å². The van der Waals surface area contributed by atoms with Crippen molar-refractivity contribution in [3.8, 4) is 5.75 Å². The smallest absolute Gasteiger partial charge is 0.338 e. The summed E-state index contributed by atoms with van der Waals surface area (Å²) in [5.41, 5.74) is 0.686. The second kappa shape index (κ2) is 8.31. The lowest BCUT2D eigenvalue weighted by molar-refractivity contribution is -0.123. The minimum atomic E-state index is -0.986.